The molecule has 1 saturated heterocycles. The molecule has 1 aromatic carbocycles. The summed E-state index contributed by atoms with van der Waals surface area (Å²) >= 11 is 2.07. The van der Waals surface area contributed by atoms with Gasteiger partial charge in [-0.05, 0) is 55.0 Å². The third-order valence-electron chi connectivity index (χ3n) is 3.31. The van der Waals surface area contributed by atoms with Crippen LogP contribution < -0.4 is 14.8 Å². The maximum Gasteiger partial charge on any atom is 0.161 e. The lowest BCUT2D eigenvalue weighted by Crippen LogP contribution is -2.22. The topological polar surface area (TPSA) is 30.5 Å². The van der Waals surface area contributed by atoms with E-state index in [0.717, 1.165) is 30.5 Å². The van der Waals surface area contributed by atoms with Crippen LogP contribution in [-0.2, 0) is 6.54 Å². The summed E-state index contributed by atoms with van der Waals surface area (Å²) in [6.45, 7) is 4.66. The normalized spacial score (nSPS) is 18.5. The van der Waals surface area contributed by atoms with Gasteiger partial charge in [-0.2, -0.15) is 11.8 Å². The van der Waals surface area contributed by atoms with Gasteiger partial charge in [0.05, 0.1) is 13.7 Å². The van der Waals surface area contributed by atoms with Crippen LogP contribution in [0.5, 0.6) is 11.5 Å². The molecule has 1 fully saturated rings. The zero-order chi connectivity index (χ0) is 13.5. The van der Waals surface area contributed by atoms with Gasteiger partial charge in [-0.3, -0.25) is 0 Å². The number of hydrogen-bond donors (Lipinski definition) is 1. The molecule has 1 aliphatic heterocycles. The van der Waals surface area contributed by atoms with Crippen molar-refractivity contribution in [2.75, 3.05) is 31.8 Å². The van der Waals surface area contributed by atoms with Crippen LogP contribution in [0.3, 0.4) is 0 Å². The number of nitrogens with one attached hydrogen (secondary N) is 1. The third kappa shape index (κ3) is 4.32. The average Bonchev–Trinajstić information content (AvgIpc) is 2.93. The minimum Gasteiger partial charge on any atom is -0.493 e. The fraction of sp³-hybridized carbons (Fsp3) is 0.600. The molecule has 0 saturated carbocycles. The molecule has 0 amide bonds. The van der Waals surface area contributed by atoms with E-state index in [1.807, 2.05) is 13.0 Å². The van der Waals surface area contributed by atoms with Gasteiger partial charge in [-0.1, -0.05) is 6.07 Å². The Hall–Kier alpha value is -0.870. The quantitative estimate of drug-likeness (QED) is 0.832. The Morgan fingerprint density at radius 1 is 1.37 bits per heavy atom. The molecule has 0 aliphatic carbocycles. The molecule has 1 unspecified atom stereocenters. The second kappa shape index (κ2) is 7.65. The van der Waals surface area contributed by atoms with Crippen LogP contribution in [0.15, 0.2) is 18.2 Å². The molecule has 4 heteroatoms. The van der Waals surface area contributed by atoms with Gasteiger partial charge in [0.1, 0.15) is 0 Å². The van der Waals surface area contributed by atoms with Crippen molar-refractivity contribution in [1.29, 1.82) is 0 Å². The molecular weight excluding hydrogens is 258 g/mol. The maximum absolute atomic E-state index is 5.59. The van der Waals surface area contributed by atoms with Gasteiger partial charge < -0.3 is 14.8 Å². The van der Waals surface area contributed by atoms with Gasteiger partial charge in [0.2, 0.25) is 0 Å². The van der Waals surface area contributed by atoms with Crippen LogP contribution in [0.25, 0.3) is 0 Å². The van der Waals surface area contributed by atoms with Crippen LogP contribution in [0.4, 0.5) is 0 Å². The van der Waals surface area contributed by atoms with Crippen LogP contribution in [0, 0.1) is 5.92 Å². The van der Waals surface area contributed by atoms with E-state index >= 15 is 0 Å². The lowest BCUT2D eigenvalue weighted by atomic mass is 10.1. The second-order valence-corrected chi connectivity index (χ2v) is 5.93. The van der Waals surface area contributed by atoms with Crippen molar-refractivity contribution in [3.8, 4) is 11.5 Å². The lowest BCUT2D eigenvalue weighted by Gasteiger charge is -2.13. The summed E-state index contributed by atoms with van der Waals surface area (Å²) in [5.41, 5.74) is 1.25. The van der Waals surface area contributed by atoms with Crippen molar-refractivity contribution in [2.45, 2.75) is 19.9 Å². The Bertz CT molecular complexity index is 392. The fourth-order valence-corrected chi connectivity index (χ4v) is 3.55. The molecule has 1 aromatic rings. The van der Waals surface area contributed by atoms with Gasteiger partial charge in [-0.15, -0.1) is 0 Å². The molecule has 0 spiro atoms. The number of benzene rings is 1. The molecule has 1 heterocycles. The number of thioether (sulfide) groups is 1. The molecule has 2 rings (SSSR count). The van der Waals surface area contributed by atoms with Gasteiger partial charge in [0.15, 0.2) is 11.5 Å². The van der Waals surface area contributed by atoms with E-state index in [9.17, 15) is 0 Å². The summed E-state index contributed by atoms with van der Waals surface area (Å²) in [4.78, 5) is 0. The predicted molar refractivity (Wildman–Crippen MR) is 81.3 cm³/mol. The smallest absolute Gasteiger partial charge is 0.161 e. The third-order valence-corrected chi connectivity index (χ3v) is 4.55. The first-order valence-electron chi connectivity index (χ1n) is 6.91. The van der Waals surface area contributed by atoms with Gasteiger partial charge in [0, 0.05) is 6.54 Å². The van der Waals surface area contributed by atoms with Crippen LogP contribution in [-0.4, -0.2) is 31.8 Å². The second-order valence-electron chi connectivity index (χ2n) is 4.78. The van der Waals surface area contributed by atoms with Crippen LogP contribution in [0.1, 0.15) is 18.9 Å². The standard InChI is InChI=1S/C15H23NO2S/c1-3-18-15-8-12(4-5-14(15)17-2)9-16-10-13-6-7-19-11-13/h4-5,8,13,16H,3,6-7,9-11H2,1-2H3. The van der Waals surface area contributed by atoms with E-state index in [1.165, 1.54) is 23.5 Å². The Kier molecular flexibility index (Phi) is 5.86. The molecule has 0 bridgehead atoms. The maximum atomic E-state index is 5.59. The number of hydrogen-bond acceptors (Lipinski definition) is 4. The molecule has 1 atom stereocenters. The Balaban J connectivity index is 1.86. The molecule has 1 N–H and O–H groups in total. The molecule has 0 aromatic heterocycles. The first kappa shape index (κ1) is 14.5. The monoisotopic (exact) mass is 281 g/mol. The van der Waals surface area contributed by atoms with Crippen molar-refractivity contribution in [3.63, 3.8) is 0 Å². The first-order chi connectivity index (χ1) is 9.33. The summed E-state index contributed by atoms with van der Waals surface area (Å²) in [6, 6.07) is 6.14. The molecule has 1 aliphatic rings. The predicted octanol–water partition coefficient (Wildman–Crippen LogP) is 2.94. The van der Waals surface area contributed by atoms with Crippen molar-refractivity contribution < 1.29 is 9.47 Å². The number of ether oxygens (including phenoxy) is 2. The van der Waals surface area contributed by atoms with Crippen LogP contribution >= 0.6 is 11.8 Å². The van der Waals surface area contributed by atoms with E-state index in [4.69, 9.17) is 9.47 Å². The van der Waals surface area contributed by atoms with E-state index in [-0.39, 0.29) is 0 Å². The minimum atomic E-state index is 0.659. The fourth-order valence-electron chi connectivity index (χ4n) is 2.26. The highest BCUT2D eigenvalue weighted by atomic mass is 32.2. The lowest BCUT2D eigenvalue weighted by molar-refractivity contribution is 0.310. The molecule has 106 valence electrons. The molecule has 3 nitrogen and oxygen atoms in total. The van der Waals surface area contributed by atoms with Crippen LogP contribution in [0.2, 0.25) is 0 Å². The van der Waals surface area contributed by atoms with Crippen molar-refractivity contribution >= 4 is 11.8 Å². The summed E-state index contributed by atoms with van der Waals surface area (Å²) < 4.78 is 10.9. The van der Waals surface area contributed by atoms with E-state index in [2.05, 4.69) is 29.2 Å². The molecule has 19 heavy (non-hydrogen) atoms. The summed E-state index contributed by atoms with van der Waals surface area (Å²) in [6.07, 6.45) is 1.35. The minimum absolute atomic E-state index is 0.659. The molecule has 0 radical (unpaired) electrons. The number of rotatable bonds is 7. The first-order valence-corrected chi connectivity index (χ1v) is 8.07. The Morgan fingerprint density at radius 3 is 2.95 bits per heavy atom. The molecular formula is C15H23NO2S. The van der Waals surface area contributed by atoms with E-state index in [0.29, 0.717) is 6.61 Å². The summed E-state index contributed by atoms with van der Waals surface area (Å²) in [5.74, 6) is 5.11. The highest BCUT2D eigenvalue weighted by Gasteiger charge is 2.14. The van der Waals surface area contributed by atoms with Crippen molar-refractivity contribution in [3.05, 3.63) is 23.8 Å². The zero-order valence-corrected chi connectivity index (χ0v) is 12.6. The van der Waals surface area contributed by atoms with Gasteiger partial charge in [0.25, 0.3) is 0 Å². The summed E-state index contributed by atoms with van der Waals surface area (Å²) in [7, 11) is 1.67. The van der Waals surface area contributed by atoms with Crippen molar-refractivity contribution in [2.24, 2.45) is 5.92 Å². The van der Waals surface area contributed by atoms with Crippen molar-refractivity contribution in [1.82, 2.24) is 5.32 Å². The highest BCUT2D eigenvalue weighted by Crippen LogP contribution is 2.28. The largest absolute Gasteiger partial charge is 0.493 e. The van der Waals surface area contributed by atoms with E-state index < -0.39 is 0 Å². The van der Waals surface area contributed by atoms with E-state index in [1.54, 1.807) is 7.11 Å². The Morgan fingerprint density at radius 2 is 2.26 bits per heavy atom. The average molecular weight is 281 g/mol. The zero-order valence-electron chi connectivity index (χ0n) is 11.8. The number of methoxy groups -OCH3 is 1. The van der Waals surface area contributed by atoms with Gasteiger partial charge in [-0.25, -0.2) is 0 Å². The SMILES string of the molecule is CCOc1cc(CNCC2CCSC2)ccc1OC. The Labute approximate surface area is 120 Å². The van der Waals surface area contributed by atoms with Gasteiger partial charge >= 0.3 is 0 Å². The summed E-state index contributed by atoms with van der Waals surface area (Å²) in [5, 5.41) is 3.54. The highest BCUT2D eigenvalue weighted by molar-refractivity contribution is 7.99.